The summed E-state index contributed by atoms with van der Waals surface area (Å²) in [5.41, 5.74) is 7.99. The second kappa shape index (κ2) is 12.2. The molecule has 0 saturated heterocycles. The Morgan fingerprint density at radius 2 is 1.29 bits per heavy atom. The lowest BCUT2D eigenvalue weighted by molar-refractivity contribution is -0.121. The number of phenols is 1. The summed E-state index contributed by atoms with van der Waals surface area (Å²) in [6, 6.07) is 16.2. The molecule has 0 unspecified atom stereocenters. The van der Waals surface area contributed by atoms with Crippen molar-refractivity contribution in [2.45, 2.75) is 66.7 Å². The van der Waals surface area contributed by atoms with Crippen molar-refractivity contribution in [2.75, 3.05) is 13.2 Å². The van der Waals surface area contributed by atoms with Crippen LogP contribution in [0.15, 0.2) is 48.5 Å². The van der Waals surface area contributed by atoms with E-state index in [-0.39, 0.29) is 36.6 Å². The molecule has 0 radical (unpaired) electrons. The summed E-state index contributed by atoms with van der Waals surface area (Å²) < 4.78 is 0. The minimum atomic E-state index is -0.367. The summed E-state index contributed by atoms with van der Waals surface area (Å²) in [6.07, 6.45) is 0.721. The van der Waals surface area contributed by atoms with Crippen LogP contribution in [0.2, 0.25) is 0 Å². The maximum absolute atomic E-state index is 12.3. The minimum absolute atomic E-state index is 0.103. The summed E-state index contributed by atoms with van der Waals surface area (Å²) in [5.74, 6) is 1.43. The average Bonchev–Trinajstić information content (AvgIpc) is 2.90. The molecule has 41 heavy (non-hydrogen) atoms. The number of aromatic hydroxyl groups is 1. The van der Waals surface area contributed by atoms with Crippen molar-refractivity contribution in [1.82, 2.24) is 20.3 Å². The predicted octanol–water partition coefficient (Wildman–Crippen LogP) is 6.15. The Kier molecular flexibility index (Phi) is 8.88. The molecule has 0 bridgehead atoms. The highest BCUT2D eigenvalue weighted by Gasteiger charge is 2.25. The predicted molar refractivity (Wildman–Crippen MR) is 164 cm³/mol. The summed E-state index contributed by atoms with van der Waals surface area (Å²) >= 11 is 0. The Bertz CT molecular complexity index is 1520. The fraction of sp³-hybridized carbons (Fsp3) is 0.353. The van der Waals surface area contributed by atoms with Crippen LogP contribution in [0.5, 0.6) is 5.75 Å². The van der Waals surface area contributed by atoms with Gasteiger partial charge >= 0.3 is 0 Å². The number of phenolic OH excluding ortho intramolecular Hbond substituents is 1. The SMILES string of the molecule is Cc1ccc(-c2nc(-c3ccc(C)cc3C)nc(-c3cc(CCC(=O)NCCO)cc(C(C)(C)C)c3O)n2)c(C)c1. The summed E-state index contributed by atoms with van der Waals surface area (Å²) in [4.78, 5) is 27.0. The van der Waals surface area contributed by atoms with Crippen LogP contribution < -0.4 is 5.32 Å². The Hall–Kier alpha value is -4.10. The zero-order valence-corrected chi connectivity index (χ0v) is 25.1. The van der Waals surface area contributed by atoms with Gasteiger partial charge in [-0.15, -0.1) is 0 Å². The third-order valence-corrected chi connectivity index (χ3v) is 7.17. The number of benzene rings is 3. The van der Waals surface area contributed by atoms with Crippen LogP contribution in [0.3, 0.4) is 0 Å². The van der Waals surface area contributed by atoms with Crippen molar-refractivity contribution in [3.05, 3.63) is 81.9 Å². The van der Waals surface area contributed by atoms with E-state index in [1.54, 1.807) is 0 Å². The van der Waals surface area contributed by atoms with Crippen LogP contribution in [0, 0.1) is 27.7 Å². The molecule has 1 heterocycles. The molecule has 3 N–H and O–H groups in total. The molecule has 7 nitrogen and oxygen atoms in total. The molecule has 214 valence electrons. The Morgan fingerprint density at radius 3 is 1.76 bits per heavy atom. The summed E-state index contributed by atoms with van der Waals surface area (Å²) in [6.45, 7) is 14.4. The highest BCUT2D eigenvalue weighted by atomic mass is 16.3. The number of hydrogen-bond acceptors (Lipinski definition) is 6. The Morgan fingerprint density at radius 1 is 0.780 bits per heavy atom. The third kappa shape index (κ3) is 6.98. The number of aromatic nitrogens is 3. The van der Waals surface area contributed by atoms with Gasteiger partial charge in [0.25, 0.3) is 0 Å². The van der Waals surface area contributed by atoms with Gasteiger partial charge in [-0.05, 0) is 62.3 Å². The summed E-state index contributed by atoms with van der Waals surface area (Å²) in [5, 5.41) is 23.3. The van der Waals surface area contributed by atoms with E-state index in [4.69, 9.17) is 20.1 Å². The first-order valence-electron chi connectivity index (χ1n) is 14.0. The first kappa shape index (κ1) is 29.9. The van der Waals surface area contributed by atoms with Gasteiger partial charge in [-0.2, -0.15) is 0 Å². The fourth-order valence-electron chi connectivity index (χ4n) is 4.99. The topological polar surface area (TPSA) is 108 Å². The number of nitrogens with one attached hydrogen (secondary N) is 1. The summed E-state index contributed by atoms with van der Waals surface area (Å²) in [7, 11) is 0. The third-order valence-electron chi connectivity index (χ3n) is 7.17. The number of aliphatic hydroxyl groups is 1. The number of rotatable bonds is 8. The molecule has 0 spiro atoms. The van der Waals surface area contributed by atoms with Crippen molar-refractivity contribution in [3.8, 4) is 39.9 Å². The van der Waals surface area contributed by atoms with Crippen LogP contribution in [-0.2, 0) is 16.6 Å². The zero-order valence-electron chi connectivity index (χ0n) is 25.1. The molecule has 0 saturated carbocycles. The van der Waals surface area contributed by atoms with Gasteiger partial charge in [-0.1, -0.05) is 74.4 Å². The fourth-order valence-corrected chi connectivity index (χ4v) is 4.99. The zero-order chi connectivity index (χ0) is 29.9. The molecular weight excluding hydrogens is 512 g/mol. The molecule has 1 aromatic heterocycles. The van der Waals surface area contributed by atoms with E-state index in [1.165, 1.54) is 0 Å². The molecular formula is C34H40N4O3. The van der Waals surface area contributed by atoms with Gasteiger partial charge in [-0.3, -0.25) is 4.79 Å². The van der Waals surface area contributed by atoms with E-state index >= 15 is 0 Å². The van der Waals surface area contributed by atoms with Crippen LogP contribution in [0.4, 0.5) is 0 Å². The first-order valence-corrected chi connectivity index (χ1v) is 14.0. The lowest BCUT2D eigenvalue weighted by Crippen LogP contribution is -2.26. The van der Waals surface area contributed by atoms with Crippen LogP contribution in [0.1, 0.15) is 60.6 Å². The molecule has 3 aromatic carbocycles. The smallest absolute Gasteiger partial charge is 0.220 e. The van der Waals surface area contributed by atoms with Gasteiger partial charge in [0.15, 0.2) is 17.5 Å². The van der Waals surface area contributed by atoms with E-state index in [0.717, 1.165) is 44.5 Å². The van der Waals surface area contributed by atoms with Gasteiger partial charge in [0.05, 0.1) is 12.2 Å². The molecule has 7 heteroatoms. The standard InChI is InChI=1S/C34H40N4O3/c1-20-8-11-25(22(3)16-20)31-36-32(26-12-9-21(2)17-23(26)4)38-33(37-31)27-18-24(10-13-29(40)35-14-15-39)19-28(30(27)41)34(5,6)7/h8-9,11-12,16-19,39,41H,10,13-15H2,1-7H3,(H,35,40). The number of carbonyl (C=O) groups is 1. The number of hydrogen-bond donors (Lipinski definition) is 3. The number of nitrogens with zero attached hydrogens (tertiary/aromatic N) is 3. The van der Waals surface area contributed by atoms with Crippen molar-refractivity contribution < 1.29 is 15.0 Å². The number of amides is 1. The molecule has 0 aliphatic carbocycles. The van der Waals surface area contributed by atoms with Crippen molar-refractivity contribution >= 4 is 5.91 Å². The largest absolute Gasteiger partial charge is 0.507 e. The number of aryl methyl sites for hydroxylation is 5. The highest BCUT2D eigenvalue weighted by molar-refractivity contribution is 5.77. The molecule has 0 atom stereocenters. The van der Waals surface area contributed by atoms with E-state index in [2.05, 4.69) is 31.3 Å². The lowest BCUT2D eigenvalue weighted by Gasteiger charge is -2.23. The Balaban J connectivity index is 1.93. The van der Waals surface area contributed by atoms with Gasteiger partial charge in [0, 0.05) is 29.7 Å². The Labute approximate surface area is 242 Å². The number of aliphatic hydroxyl groups excluding tert-OH is 1. The second-order valence-corrected chi connectivity index (χ2v) is 11.8. The van der Waals surface area contributed by atoms with Gasteiger partial charge in [0.1, 0.15) is 5.75 Å². The van der Waals surface area contributed by atoms with E-state index in [1.807, 2.05) is 71.0 Å². The lowest BCUT2D eigenvalue weighted by atomic mass is 9.83. The van der Waals surface area contributed by atoms with Crippen LogP contribution in [-0.4, -0.2) is 44.2 Å². The molecule has 4 rings (SSSR count). The normalized spacial score (nSPS) is 11.5. The van der Waals surface area contributed by atoms with Crippen molar-refractivity contribution in [3.63, 3.8) is 0 Å². The van der Waals surface area contributed by atoms with Gasteiger partial charge in [0.2, 0.25) is 5.91 Å². The van der Waals surface area contributed by atoms with Gasteiger partial charge in [-0.25, -0.2) is 15.0 Å². The molecule has 0 fully saturated rings. The maximum atomic E-state index is 12.3. The van der Waals surface area contributed by atoms with Crippen molar-refractivity contribution in [2.24, 2.45) is 0 Å². The van der Waals surface area contributed by atoms with E-state index in [0.29, 0.717) is 29.5 Å². The van der Waals surface area contributed by atoms with Crippen molar-refractivity contribution in [1.29, 1.82) is 0 Å². The monoisotopic (exact) mass is 552 g/mol. The van der Waals surface area contributed by atoms with Crippen LogP contribution in [0.25, 0.3) is 34.2 Å². The minimum Gasteiger partial charge on any atom is -0.507 e. The van der Waals surface area contributed by atoms with E-state index in [9.17, 15) is 9.90 Å². The molecule has 0 aliphatic heterocycles. The van der Waals surface area contributed by atoms with Crippen LogP contribution >= 0.6 is 0 Å². The van der Waals surface area contributed by atoms with Gasteiger partial charge < -0.3 is 15.5 Å². The molecule has 0 aliphatic rings. The highest BCUT2D eigenvalue weighted by Crippen LogP contribution is 2.40. The maximum Gasteiger partial charge on any atom is 0.220 e. The second-order valence-electron chi connectivity index (χ2n) is 11.8. The molecule has 1 amide bonds. The first-order chi connectivity index (χ1) is 19.4. The quantitative estimate of drug-likeness (QED) is 0.242. The van der Waals surface area contributed by atoms with E-state index < -0.39 is 0 Å². The average molecular weight is 553 g/mol. The molecule has 4 aromatic rings. The number of carbonyl (C=O) groups excluding carboxylic acids is 1.